The molecule has 0 saturated heterocycles. The first-order valence-corrected chi connectivity index (χ1v) is 7.71. The van der Waals surface area contributed by atoms with Gasteiger partial charge < -0.3 is 16.4 Å². The molecule has 25 heavy (non-hydrogen) atoms. The highest BCUT2D eigenvalue weighted by atomic mass is 35.5. The van der Waals surface area contributed by atoms with Crippen molar-refractivity contribution in [1.82, 2.24) is 0 Å². The van der Waals surface area contributed by atoms with Gasteiger partial charge in [-0.15, -0.1) is 0 Å². The molecular formula is C16H16ClFN4O3. The van der Waals surface area contributed by atoms with Crippen LogP contribution in [0.4, 0.5) is 21.5 Å². The van der Waals surface area contributed by atoms with E-state index >= 15 is 0 Å². The van der Waals surface area contributed by atoms with Gasteiger partial charge in [0.1, 0.15) is 5.82 Å². The van der Waals surface area contributed by atoms with Gasteiger partial charge in [-0.2, -0.15) is 0 Å². The first-order chi connectivity index (χ1) is 11.8. The number of hydrogen-bond donors (Lipinski definition) is 3. The third-order valence-corrected chi connectivity index (χ3v) is 3.97. The summed E-state index contributed by atoms with van der Waals surface area (Å²) in [5.74, 6) is -1.13. The maximum atomic E-state index is 13.5. The molecule has 0 bridgehead atoms. The summed E-state index contributed by atoms with van der Waals surface area (Å²) in [6.07, 6.45) is 0. The smallest absolute Gasteiger partial charge is 0.271 e. The number of nitro groups is 1. The third-order valence-electron chi connectivity index (χ3n) is 3.49. The number of benzene rings is 2. The van der Waals surface area contributed by atoms with Crippen molar-refractivity contribution in [3.63, 3.8) is 0 Å². The highest BCUT2D eigenvalue weighted by molar-refractivity contribution is 6.35. The van der Waals surface area contributed by atoms with Gasteiger partial charge in [0.2, 0.25) is 0 Å². The Morgan fingerprint density at radius 2 is 2.04 bits per heavy atom. The summed E-state index contributed by atoms with van der Waals surface area (Å²) in [5.41, 5.74) is 6.14. The van der Waals surface area contributed by atoms with Gasteiger partial charge in [-0.25, -0.2) is 4.39 Å². The second-order valence-corrected chi connectivity index (χ2v) is 5.57. The summed E-state index contributed by atoms with van der Waals surface area (Å²) >= 11 is 6.02. The summed E-state index contributed by atoms with van der Waals surface area (Å²) < 4.78 is 13.5. The summed E-state index contributed by atoms with van der Waals surface area (Å²) in [4.78, 5) is 22.9. The van der Waals surface area contributed by atoms with E-state index in [4.69, 9.17) is 17.3 Å². The molecule has 4 N–H and O–H groups in total. The van der Waals surface area contributed by atoms with Gasteiger partial charge in [0, 0.05) is 30.8 Å². The van der Waals surface area contributed by atoms with Crippen molar-refractivity contribution in [3.8, 4) is 0 Å². The molecule has 9 heteroatoms. The molecule has 2 aromatic rings. The fraction of sp³-hybridized carbons (Fsp3) is 0.188. The van der Waals surface area contributed by atoms with Crippen molar-refractivity contribution in [2.75, 3.05) is 23.7 Å². The molecule has 0 aliphatic carbocycles. The number of rotatable bonds is 6. The van der Waals surface area contributed by atoms with Gasteiger partial charge in [0.15, 0.2) is 0 Å². The molecular weight excluding hydrogens is 351 g/mol. The average molecular weight is 367 g/mol. The van der Waals surface area contributed by atoms with Crippen LogP contribution in [0.5, 0.6) is 0 Å². The zero-order chi connectivity index (χ0) is 18.6. The zero-order valence-corrected chi connectivity index (χ0v) is 14.1. The minimum Gasteiger partial charge on any atom is -0.382 e. The molecule has 0 spiro atoms. The van der Waals surface area contributed by atoms with Crippen molar-refractivity contribution in [3.05, 3.63) is 62.4 Å². The van der Waals surface area contributed by atoms with Gasteiger partial charge in [-0.1, -0.05) is 11.6 Å². The SMILES string of the molecule is Cc1c(F)ccc(C(=O)Nc2cc([N+](=O)[O-])ccc2NCCN)c1Cl. The van der Waals surface area contributed by atoms with E-state index in [-0.39, 0.29) is 27.5 Å². The van der Waals surface area contributed by atoms with Crippen molar-refractivity contribution in [2.24, 2.45) is 5.73 Å². The highest BCUT2D eigenvalue weighted by Crippen LogP contribution is 2.29. The Bertz CT molecular complexity index is 829. The number of carbonyl (C=O) groups is 1. The van der Waals surface area contributed by atoms with Crippen LogP contribution in [0.1, 0.15) is 15.9 Å². The lowest BCUT2D eigenvalue weighted by atomic mass is 10.1. The van der Waals surface area contributed by atoms with Crippen LogP contribution in [0.15, 0.2) is 30.3 Å². The van der Waals surface area contributed by atoms with Crippen LogP contribution in [-0.4, -0.2) is 23.9 Å². The molecule has 0 atom stereocenters. The summed E-state index contributed by atoms with van der Waals surface area (Å²) in [6, 6.07) is 6.40. The Kier molecular flexibility index (Phi) is 5.89. The predicted molar refractivity (Wildman–Crippen MR) is 94.7 cm³/mol. The molecule has 2 aromatic carbocycles. The maximum absolute atomic E-state index is 13.5. The molecule has 0 aromatic heterocycles. The molecule has 0 radical (unpaired) electrons. The number of halogens is 2. The molecule has 0 fully saturated rings. The van der Waals surface area contributed by atoms with Gasteiger partial charge in [-0.05, 0) is 25.1 Å². The Morgan fingerprint density at radius 3 is 2.68 bits per heavy atom. The van der Waals surface area contributed by atoms with Crippen molar-refractivity contribution in [1.29, 1.82) is 0 Å². The number of non-ortho nitro benzene ring substituents is 1. The number of hydrogen-bond acceptors (Lipinski definition) is 5. The number of nitrogens with zero attached hydrogens (tertiary/aromatic N) is 1. The van der Waals surface area contributed by atoms with Gasteiger partial charge in [0.25, 0.3) is 11.6 Å². The summed E-state index contributed by atoms with van der Waals surface area (Å²) in [5, 5.41) is 16.5. The minimum atomic E-state index is -0.607. The Morgan fingerprint density at radius 1 is 1.32 bits per heavy atom. The standard InChI is InChI=1S/C16H16ClFN4O3/c1-9-12(18)4-3-11(15(9)17)16(23)21-14-8-10(22(24)25)2-5-13(14)20-7-6-19/h2-5,8,20H,6-7,19H2,1H3,(H,21,23). The van der Waals surface area contributed by atoms with Gasteiger partial charge >= 0.3 is 0 Å². The molecule has 0 heterocycles. The molecule has 132 valence electrons. The number of nitrogens with two attached hydrogens (primary N) is 1. The first-order valence-electron chi connectivity index (χ1n) is 7.33. The maximum Gasteiger partial charge on any atom is 0.271 e. The van der Waals surface area contributed by atoms with E-state index in [1.165, 1.54) is 31.2 Å². The van der Waals surface area contributed by atoms with Crippen LogP contribution in [-0.2, 0) is 0 Å². The normalized spacial score (nSPS) is 10.4. The van der Waals surface area contributed by atoms with Gasteiger partial charge in [-0.3, -0.25) is 14.9 Å². The molecule has 1 amide bonds. The van der Waals surface area contributed by atoms with Gasteiger partial charge in [0.05, 0.1) is 26.9 Å². The third kappa shape index (κ3) is 4.23. The quantitative estimate of drug-likeness (QED) is 0.536. The number of amides is 1. The largest absolute Gasteiger partial charge is 0.382 e. The molecule has 2 rings (SSSR count). The van der Waals surface area contributed by atoms with E-state index in [9.17, 15) is 19.3 Å². The fourth-order valence-electron chi connectivity index (χ4n) is 2.14. The second kappa shape index (κ2) is 7.91. The van der Waals surface area contributed by atoms with Crippen LogP contribution in [0.2, 0.25) is 5.02 Å². The molecule has 0 aliphatic rings. The second-order valence-electron chi connectivity index (χ2n) is 5.19. The van der Waals surface area contributed by atoms with Crippen LogP contribution in [0.25, 0.3) is 0 Å². The predicted octanol–water partition coefficient (Wildman–Crippen LogP) is 3.32. The van der Waals surface area contributed by atoms with Crippen LogP contribution in [0.3, 0.4) is 0 Å². The molecule has 0 unspecified atom stereocenters. The molecule has 7 nitrogen and oxygen atoms in total. The number of nitrogens with one attached hydrogen (secondary N) is 2. The topological polar surface area (TPSA) is 110 Å². The van der Waals surface area contributed by atoms with Crippen LogP contribution in [0, 0.1) is 22.9 Å². The van der Waals surface area contributed by atoms with Crippen molar-refractivity contribution >= 4 is 34.6 Å². The monoisotopic (exact) mass is 366 g/mol. The average Bonchev–Trinajstić information content (AvgIpc) is 2.58. The number of nitro benzene ring substituents is 1. The van der Waals surface area contributed by atoms with Crippen LogP contribution >= 0.6 is 11.6 Å². The Labute approximate surface area is 148 Å². The van der Waals surface area contributed by atoms with E-state index in [2.05, 4.69) is 10.6 Å². The fourth-order valence-corrected chi connectivity index (χ4v) is 2.38. The van der Waals surface area contributed by atoms with E-state index in [0.717, 1.165) is 6.07 Å². The summed E-state index contributed by atoms with van der Waals surface area (Å²) in [7, 11) is 0. The summed E-state index contributed by atoms with van der Waals surface area (Å²) in [6.45, 7) is 2.21. The Hall–Kier alpha value is -2.71. The number of anilines is 2. The van der Waals surface area contributed by atoms with E-state index in [1.807, 2.05) is 0 Å². The number of carbonyl (C=O) groups excluding carboxylic acids is 1. The Balaban J connectivity index is 2.37. The lowest BCUT2D eigenvalue weighted by Gasteiger charge is -2.14. The van der Waals surface area contributed by atoms with Crippen molar-refractivity contribution in [2.45, 2.75) is 6.92 Å². The molecule has 0 saturated carbocycles. The zero-order valence-electron chi connectivity index (χ0n) is 13.3. The van der Waals surface area contributed by atoms with Crippen molar-refractivity contribution < 1.29 is 14.1 Å². The van der Waals surface area contributed by atoms with E-state index < -0.39 is 16.6 Å². The van der Waals surface area contributed by atoms with Crippen LogP contribution < -0.4 is 16.4 Å². The molecule has 0 aliphatic heterocycles. The first kappa shape index (κ1) is 18.6. The minimum absolute atomic E-state index is 0.0144. The van der Waals surface area contributed by atoms with E-state index in [0.29, 0.717) is 18.8 Å². The highest BCUT2D eigenvalue weighted by Gasteiger charge is 2.18. The van der Waals surface area contributed by atoms with E-state index in [1.54, 1.807) is 0 Å². The lowest BCUT2D eigenvalue weighted by Crippen LogP contribution is -2.17. The lowest BCUT2D eigenvalue weighted by molar-refractivity contribution is -0.384.